The van der Waals surface area contributed by atoms with Gasteiger partial charge in [0.2, 0.25) is 17.7 Å². The summed E-state index contributed by atoms with van der Waals surface area (Å²) in [5.74, 6) is -1.48. The number of nitrogens with zero attached hydrogens (tertiary/aromatic N) is 1. The number of nitrogens with one attached hydrogen (secondary N) is 1. The number of imide groups is 1. The van der Waals surface area contributed by atoms with E-state index in [0.717, 1.165) is 25.7 Å². The maximum absolute atomic E-state index is 12.4. The molecule has 26 heavy (non-hydrogen) atoms. The minimum absolute atomic E-state index is 0.0272. The molecular formula is C19H22N2O5. The number of ether oxygens (including phenoxy) is 1. The molecule has 1 aliphatic carbocycles. The molecule has 2 atom stereocenters. The van der Waals surface area contributed by atoms with E-state index in [9.17, 15) is 19.2 Å². The molecule has 1 heterocycles. The largest absolute Gasteiger partial charge is 0.465 e. The number of amides is 3. The summed E-state index contributed by atoms with van der Waals surface area (Å²) in [6.45, 7) is 0.0905. The zero-order valence-corrected chi connectivity index (χ0v) is 14.7. The molecular weight excluding hydrogens is 336 g/mol. The number of benzene rings is 1. The van der Waals surface area contributed by atoms with Gasteiger partial charge in [-0.2, -0.15) is 0 Å². The van der Waals surface area contributed by atoms with Gasteiger partial charge in [-0.05, 0) is 31.0 Å². The van der Waals surface area contributed by atoms with E-state index in [0.29, 0.717) is 11.3 Å². The molecule has 2 aliphatic rings. The van der Waals surface area contributed by atoms with E-state index in [4.69, 9.17) is 0 Å². The molecule has 2 fully saturated rings. The second-order valence-corrected chi connectivity index (χ2v) is 6.70. The molecule has 3 rings (SSSR count). The molecule has 3 amide bonds. The summed E-state index contributed by atoms with van der Waals surface area (Å²) in [5, 5.41) is 2.68. The molecule has 1 saturated heterocycles. The van der Waals surface area contributed by atoms with Crippen LogP contribution < -0.4 is 5.32 Å². The molecule has 1 aromatic rings. The number of rotatable bonds is 5. The molecule has 1 aliphatic heterocycles. The highest BCUT2D eigenvalue weighted by molar-refractivity contribution is 6.05. The van der Waals surface area contributed by atoms with Crippen LogP contribution in [0.1, 0.15) is 42.5 Å². The molecule has 2 unspecified atom stereocenters. The number of anilines is 1. The highest BCUT2D eigenvalue weighted by Gasteiger charge is 2.47. The van der Waals surface area contributed by atoms with E-state index >= 15 is 0 Å². The Kier molecular flexibility index (Phi) is 5.35. The molecule has 0 bridgehead atoms. The first-order valence-electron chi connectivity index (χ1n) is 8.84. The Bertz CT molecular complexity index is 721. The quantitative estimate of drug-likeness (QED) is 0.642. The highest BCUT2D eigenvalue weighted by Crippen LogP contribution is 2.37. The van der Waals surface area contributed by atoms with Crippen LogP contribution in [-0.4, -0.2) is 42.2 Å². The average Bonchev–Trinajstić information content (AvgIpc) is 2.90. The molecule has 7 nitrogen and oxygen atoms in total. The van der Waals surface area contributed by atoms with Crippen LogP contribution in [0.25, 0.3) is 0 Å². The summed E-state index contributed by atoms with van der Waals surface area (Å²) < 4.78 is 4.65. The predicted molar refractivity (Wildman–Crippen MR) is 93.2 cm³/mol. The SMILES string of the molecule is COC(=O)c1cccc(NC(=O)CCN2C(=O)C3CCCCC3C2=O)c1. The Hall–Kier alpha value is -2.70. The number of hydrogen-bond acceptors (Lipinski definition) is 5. The van der Waals surface area contributed by atoms with Crippen molar-refractivity contribution in [1.82, 2.24) is 4.90 Å². The monoisotopic (exact) mass is 358 g/mol. The molecule has 1 saturated carbocycles. The van der Waals surface area contributed by atoms with Crippen LogP contribution in [0, 0.1) is 11.8 Å². The third kappa shape index (κ3) is 3.61. The Morgan fingerprint density at radius 1 is 1.15 bits per heavy atom. The number of fused-ring (bicyclic) bond motifs is 1. The van der Waals surface area contributed by atoms with Crippen LogP contribution in [0.2, 0.25) is 0 Å². The van der Waals surface area contributed by atoms with Gasteiger partial charge in [-0.1, -0.05) is 18.9 Å². The average molecular weight is 358 g/mol. The predicted octanol–water partition coefficient (Wildman–Crippen LogP) is 1.98. The van der Waals surface area contributed by atoms with E-state index < -0.39 is 5.97 Å². The Morgan fingerprint density at radius 3 is 2.42 bits per heavy atom. The smallest absolute Gasteiger partial charge is 0.337 e. The van der Waals surface area contributed by atoms with E-state index in [1.807, 2.05) is 0 Å². The molecule has 7 heteroatoms. The summed E-state index contributed by atoms with van der Waals surface area (Å²) in [4.78, 5) is 49.7. The van der Waals surface area contributed by atoms with Crippen molar-refractivity contribution >= 4 is 29.4 Å². The Labute approximate surface area is 151 Å². The van der Waals surface area contributed by atoms with Gasteiger partial charge in [-0.3, -0.25) is 19.3 Å². The van der Waals surface area contributed by atoms with Gasteiger partial charge in [0.15, 0.2) is 0 Å². The van der Waals surface area contributed by atoms with Gasteiger partial charge in [-0.25, -0.2) is 4.79 Å². The molecule has 1 aromatic carbocycles. The number of esters is 1. The zero-order valence-electron chi connectivity index (χ0n) is 14.7. The normalized spacial score (nSPS) is 22.1. The lowest BCUT2D eigenvalue weighted by atomic mass is 9.81. The van der Waals surface area contributed by atoms with Gasteiger partial charge in [0.1, 0.15) is 0 Å². The fourth-order valence-corrected chi connectivity index (χ4v) is 3.73. The van der Waals surface area contributed by atoms with Crippen molar-refractivity contribution in [2.75, 3.05) is 19.0 Å². The lowest BCUT2D eigenvalue weighted by Gasteiger charge is -2.19. The molecule has 0 spiro atoms. The van der Waals surface area contributed by atoms with E-state index in [1.54, 1.807) is 18.2 Å². The zero-order chi connectivity index (χ0) is 18.7. The Balaban J connectivity index is 1.57. The minimum Gasteiger partial charge on any atom is -0.465 e. The minimum atomic E-state index is -0.489. The van der Waals surface area contributed by atoms with Crippen molar-refractivity contribution in [3.8, 4) is 0 Å². The topological polar surface area (TPSA) is 92.8 Å². The van der Waals surface area contributed by atoms with Gasteiger partial charge in [0, 0.05) is 18.7 Å². The van der Waals surface area contributed by atoms with Gasteiger partial charge >= 0.3 is 5.97 Å². The summed E-state index contributed by atoms with van der Waals surface area (Å²) in [5.41, 5.74) is 0.796. The summed E-state index contributed by atoms with van der Waals surface area (Å²) >= 11 is 0. The van der Waals surface area contributed by atoms with Crippen molar-refractivity contribution in [3.05, 3.63) is 29.8 Å². The summed E-state index contributed by atoms with van der Waals surface area (Å²) in [6, 6.07) is 6.40. The number of carbonyl (C=O) groups excluding carboxylic acids is 4. The lowest BCUT2D eigenvalue weighted by molar-refractivity contribution is -0.140. The molecule has 0 aromatic heterocycles. The van der Waals surface area contributed by atoms with Crippen molar-refractivity contribution in [2.24, 2.45) is 11.8 Å². The summed E-state index contributed by atoms with van der Waals surface area (Å²) in [7, 11) is 1.29. The van der Waals surface area contributed by atoms with Crippen LogP contribution in [0.15, 0.2) is 24.3 Å². The first-order valence-corrected chi connectivity index (χ1v) is 8.84. The Morgan fingerprint density at radius 2 is 1.81 bits per heavy atom. The van der Waals surface area contributed by atoms with Crippen LogP contribution in [0.3, 0.4) is 0 Å². The first kappa shape index (κ1) is 18.1. The molecule has 138 valence electrons. The highest BCUT2D eigenvalue weighted by atomic mass is 16.5. The lowest BCUT2D eigenvalue weighted by Crippen LogP contribution is -2.34. The fourth-order valence-electron chi connectivity index (χ4n) is 3.73. The number of hydrogen-bond donors (Lipinski definition) is 1. The van der Waals surface area contributed by atoms with Crippen molar-refractivity contribution in [1.29, 1.82) is 0 Å². The van der Waals surface area contributed by atoms with E-state index in [1.165, 1.54) is 18.1 Å². The second kappa shape index (κ2) is 7.68. The van der Waals surface area contributed by atoms with Crippen molar-refractivity contribution in [3.63, 3.8) is 0 Å². The third-order valence-corrected chi connectivity index (χ3v) is 5.06. The first-order chi connectivity index (χ1) is 12.5. The van der Waals surface area contributed by atoms with Gasteiger partial charge in [0.05, 0.1) is 24.5 Å². The van der Waals surface area contributed by atoms with Gasteiger partial charge < -0.3 is 10.1 Å². The maximum atomic E-state index is 12.4. The van der Waals surface area contributed by atoms with Crippen molar-refractivity contribution in [2.45, 2.75) is 32.1 Å². The number of methoxy groups -OCH3 is 1. The number of likely N-dealkylation sites (tertiary alicyclic amines) is 1. The van der Waals surface area contributed by atoms with E-state index in [2.05, 4.69) is 10.1 Å². The van der Waals surface area contributed by atoms with E-state index in [-0.39, 0.29) is 42.5 Å². The van der Waals surface area contributed by atoms with Crippen LogP contribution in [0.4, 0.5) is 5.69 Å². The second-order valence-electron chi connectivity index (χ2n) is 6.70. The molecule has 0 radical (unpaired) electrons. The standard InChI is InChI=1S/C19H22N2O5/c1-26-19(25)12-5-4-6-13(11-12)20-16(22)9-10-21-17(23)14-7-2-3-8-15(14)18(21)24/h4-6,11,14-15H,2-3,7-10H2,1H3,(H,20,22). The molecule has 1 N–H and O–H groups in total. The summed E-state index contributed by atoms with van der Waals surface area (Å²) in [6.07, 6.45) is 3.51. The maximum Gasteiger partial charge on any atom is 0.337 e. The van der Waals surface area contributed by atoms with Gasteiger partial charge in [0.25, 0.3) is 0 Å². The third-order valence-electron chi connectivity index (χ3n) is 5.06. The van der Waals surface area contributed by atoms with Gasteiger partial charge in [-0.15, -0.1) is 0 Å². The fraction of sp³-hybridized carbons (Fsp3) is 0.474. The van der Waals surface area contributed by atoms with Crippen LogP contribution in [-0.2, 0) is 19.1 Å². The number of carbonyl (C=O) groups is 4. The van der Waals surface area contributed by atoms with Crippen molar-refractivity contribution < 1.29 is 23.9 Å². The van der Waals surface area contributed by atoms with Crippen LogP contribution >= 0.6 is 0 Å². The van der Waals surface area contributed by atoms with Crippen LogP contribution in [0.5, 0.6) is 0 Å².